The lowest BCUT2D eigenvalue weighted by Crippen LogP contribution is -2.28. The smallest absolute Gasteiger partial charge is 0.308 e. The molecule has 132 valence electrons. The summed E-state index contributed by atoms with van der Waals surface area (Å²) in [5, 5.41) is 3.25. The van der Waals surface area contributed by atoms with E-state index in [1.165, 1.54) is 19.1 Å². The number of halogens is 3. The van der Waals surface area contributed by atoms with Gasteiger partial charge in [-0.15, -0.1) is 0 Å². The highest BCUT2D eigenvalue weighted by Crippen LogP contribution is 2.21. The molecule has 0 saturated heterocycles. The SMILES string of the molecule is CC(=O)NC(CC(=O)OCc1ccc(Br)cc1F)c1ccc(Cl)cc1. The molecule has 1 atom stereocenters. The fraction of sp³-hybridized carbons (Fsp3) is 0.222. The van der Waals surface area contributed by atoms with Crippen molar-refractivity contribution in [1.82, 2.24) is 5.32 Å². The molecule has 4 nitrogen and oxygen atoms in total. The van der Waals surface area contributed by atoms with Gasteiger partial charge in [0.05, 0.1) is 12.5 Å². The summed E-state index contributed by atoms with van der Waals surface area (Å²) in [5.74, 6) is -1.28. The number of hydrogen-bond acceptors (Lipinski definition) is 3. The second-order valence-corrected chi connectivity index (χ2v) is 6.76. The van der Waals surface area contributed by atoms with Crippen LogP contribution >= 0.6 is 27.5 Å². The Balaban J connectivity index is 2.01. The van der Waals surface area contributed by atoms with Crippen molar-refractivity contribution in [3.8, 4) is 0 Å². The van der Waals surface area contributed by atoms with E-state index in [1.807, 2.05) is 0 Å². The molecule has 0 heterocycles. The van der Waals surface area contributed by atoms with E-state index in [0.717, 1.165) is 5.56 Å². The van der Waals surface area contributed by atoms with Gasteiger partial charge in [-0.25, -0.2) is 4.39 Å². The lowest BCUT2D eigenvalue weighted by molar-refractivity contribution is -0.145. The zero-order valence-electron chi connectivity index (χ0n) is 13.4. The quantitative estimate of drug-likeness (QED) is 0.687. The first kappa shape index (κ1) is 19.4. The molecular weight excluding hydrogens is 413 g/mol. The molecule has 0 spiro atoms. The van der Waals surface area contributed by atoms with Crippen molar-refractivity contribution < 1.29 is 18.7 Å². The van der Waals surface area contributed by atoms with Crippen LogP contribution in [0.4, 0.5) is 4.39 Å². The molecule has 1 unspecified atom stereocenters. The molecule has 0 aliphatic carbocycles. The third-order valence-corrected chi connectivity index (χ3v) is 4.17. The van der Waals surface area contributed by atoms with E-state index >= 15 is 0 Å². The predicted molar refractivity (Wildman–Crippen MR) is 96.5 cm³/mol. The molecule has 0 radical (unpaired) electrons. The Bertz CT molecular complexity index is 767. The Morgan fingerprint density at radius 3 is 2.52 bits per heavy atom. The minimum atomic E-state index is -0.545. The molecular formula is C18H16BrClFNO3. The van der Waals surface area contributed by atoms with Crippen molar-refractivity contribution in [3.05, 3.63) is 68.9 Å². The lowest BCUT2D eigenvalue weighted by atomic mass is 10.0. The van der Waals surface area contributed by atoms with E-state index in [2.05, 4.69) is 21.2 Å². The highest BCUT2D eigenvalue weighted by molar-refractivity contribution is 9.10. The molecule has 2 aromatic rings. The van der Waals surface area contributed by atoms with Crippen LogP contribution in [0.3, 0.4) is 0 Å². The molecule has 2 aromatic carbocycles. The van der Waals surface area contributed by atoms with Gasteiger partial charge < -0.3 is 10.1 Å². The predicted octanol–water partition coefficient (Wildman–Crippen LogP) is 4.55. The maximum absolute atomic E-state index is 13.7. The summed E-state index contributed by atoms with van der Waals surface area (Å²) in [6.45, 7) is 1.19. The summed E-state index contributed by atoms with van der Waals surface area (Å²) >= 11 is 9.02. The van der Waals surface area contributed by atoms with Crippen molar-refractivity contribution in [2.75, 3.05) is 0 Å². The van der Waals surface area contributed by atoms with E-state index in [4.69, 9.17) is 16.3 Å². The molecule has 25 heavy (non-hydrogen) atoms. The van der Waals surface area contributed by atoms with Crippen LogP contribution < -0.4 is 5.32 Å². The zero-order chi connectivity index (χ0) is 18.4. The molecule has 0 bridgehead atoms. The number of hydrogen-bond donors (Lipinski definition) is 1. The largest absolute Gasteiger partial charge is 0.461 e. The van der Waals surface area contributed by atoms with Gasteiger partial charge in [0.25, 0.3) is 0 Å². The van der Waals surface area contributed by atoms with Crippen LogP contribution in [0.1, 0.15) is 30.5 Å². The summed E-state index contributed by atoms with van der Waals surface area (Å²) < 4.78 is 19.5. The molecule has 7 heteroatoms. The van der Waals surface area contributed by atoms with Crippen molar-refractivity contribution in [2.24, 2.45) is 0 Å². The average molecular weight is 429 g/mol. The van der Waals surface area contributed by atoms with Crippen LogP contribution in [0, 0.1) is 5.82 Å². The van der Waals surface area contributed by atoms with Gasteiger partial charge in [0, 0.05) is 22.0 Å². The second kappa shape index (κ2) is 8.97. The molecule has 0 saturated carbocycles. The number of esters is 1. The van der Waals surface area contributed by atoms with Crippen LogP contribution in [-0.4, -0.2) is 11.9 Å². The Morgan fingerprint density at radius 2 is 1.92 bits per heavy atom. The summed E-state index contributed by atoms with van der Waals surface area (Å²) in [6.07, 6.45) is -0.0701. The molecule has 0 aromatic heterocycles. The maximum Gasteiger partial charge on any atom is 0.308 e. The second-order valence-electron chi connectivity index (χ2n) is 5.41. The number of nitrogens with one attached hydrogen (secondary N) is 1. The first-order valence-electron chi connectivity index (χ1n) is 7.47. The van der Waals surface area contributed by atoms with E-state index in [0.29, 0.717) is 9.50 Å². The Labute approximate surface area is 158 Å². The molecule has 2 rings (SSSR count). The van der Waals surface area contributed by atoms with Crippen molar-refractivity contribution in [3.63, 3.8) is 0 Å². The Morgan fingerprint density at radius 1 is 1.24 bits per heavy atom. The summed E-state index contributed by atoms with van der Waals surface area (Å²) in [7, 11) is 0. The third kappa shape index (κ3) is 6.14. The van der Waals surface area contributed by atoms with E-state index in [1.54, 1.807) is 30.3 Å². The summed E-state index contributed by atoms with van der Waals surface area (Å²) in [6, 6.07) is 10.8. The Kier molecular flexibility index (Phi) is 6.96. The number of amides is 1. The van der Waals surface area contributed by atoms with Crippen molar-refractivity contribution in [2.45, 2.75) is 26.0 Å². The summed E-state index contributed by atoms with van der Waals surface area (Å²) in [4.78, 5) is 23.5. The van der Waals surface area contributed by atoms with Crippen molar-refractivity contribution >= 4 is 39.4 Å². The highest BCUT2D eigenvalue weighted by Gasteiger charge is 2.18. The first-order chi connectivity index (χ1) is 11.8. The number of benzene rings is 2. The van der Waals surface area contributed by atoms with Crippen LogP contribution in [0.2, 0.25) is 5.02 Å². The number of ether oxygens (including phenoxy) is 1. The molecule has 1 N–H and O–H groups in total. The first-order valence-corrected chi connectivity index (χ1v) is 8.64. The number of rotatable bonds is 6. The highest BCUT2D eigenvalue weighted by atomic mass is 79.9. The number of carbonyl (C=O) groups is 2. The van der Waals surface area contributed by atoms with Crippen LogP contribution in [0.5, 0.6) is 0 Å². The minimum Gasteiger partial charge on any atom is -0.461 e. The zero-order valence-corrected chi connectivity index (χ0v) is 15.7. The van der Waals surface area contributed by atoms with Gasteiger partial charge in [-0.2, -0.15) is 0 Å². The topological polar surface area (TPSA) is 55.4 Å². The van der Waals surface area contributed by atoms with Gasteiger partial charge >= 0.3 is 5.97 Å². The van der Waals surface area contributed by atoms with Gasteiger partial charge in [-0.1, -0.05) is 45.7 Å². The van der Waals surface area contributed by atoms with Gasteiger partial charge in [0.15, 0.2) is 0 Å². The molecule has 0 fully saturated rings. The molecule has 1 amide bonds. The van der Waals surface area contributed by atoms with Gasteiger partial charge in [-0.3, -0.25) is 9.59 Å². The van der Waals surface area contributed by atoms with Crippen LogP contribution in [-0.2, 0) is 20.9 Å². The molecule has 0 aliphatic rings. The van der Waals surface area contributed by atoms with Gasteiger partial charge in [0.2, 0.25) is 5.91 Å². The van der Waals surface area contributed by atoms with Crippen LogP contribution in [0.25, 0.3) is 0 Å². The number of carbonyl (C=O) groups excluding carboxylic acids is 2. The monoisotopic (exact) mass is 427 g/mol. The minimum absolute atomic E-state index is 0.0701. The fourth-order valence-electron chi connectivity index (χ4n) is 2.22. The normalized spacial score (nSPS) is 11.7. The van der Waals surface area contributed by atoms with Crippen LogP contribution in [0.15, 0.2) is 46.9 Å². The van der Waals surface area contributed by atoms with Gasteiger partial charge in [0.1, 0.15) is 12.4 Å². The fourth-order valence-corrected chi connectivity index (χ4v) is 2.67. The third-order valence-electron chi connectivity index (χ3n) is 3.42. The molecule has 0 aliphatic heterocycles. The standard InChI is InChI=1S/C18H16BrClFNO3/c1-11(23)22-17(12-3-6-15(20)7-4-12)9-18(24)25-10-13-2-5-14(19)8-16(13)21/h2-8,17H,9-10H2,1H3,(H,22,23). The maximum atomic E-state index is 13.7. The average Bonchev–Trinajstić information content (AvgIpc) is 2.53. The summed E-state index contributed by atoms with van der Waals surface area (Å²) in [5.41, 5.74) is 1.01. The Hall–Kier alpha value is -1.92. The van der Waals surface area contributed by atoms with Crippen molar-refractivity contribution in [1.29, 1.82) is 0 Å². The van der Waals surface area contributed by atoms with E-state index < -0.39 is 17.8 Å². The van der Waals surface area contributed by atoms with E-state index in [9.17, 15) is 14.0 Å². The van der Waals surface area contributed by atoms with E-state index in [-0.39, 0.29) is 24.5 Å². The lowest BCUT2D eigenvalue weighted by Gasteiger charge is -2.18. The van der Waals surface area contributed by atoms with Gasteiger partial charge in [-0.05, 0) is 29.8 Å².